The fourth-order valence-corrected chi connectivity index (χ4v) is 3.47. The third-order valence-electron chi connectivity index (χ3n) is 4.87. The van der Waals surface area contributed by atoms with Crippen LogP contribution in [0.15, 0.2) is 22.6 Å². The van der Waals surface area contributed by atoms with Crippen molar-refractivity contribution >= 4 is 22.6 Å². The summed E-state index contributed by atoms with van der Waals surface area (Å²) in [6.07, 6.45) is -6.12. The number of nitrogens with zero attached hydrogens (tertiary/aromatic N) is 1. The number of benzene rings is 1. The van der Waals surface area contributed by atoms with E-state index in [1.807, 2.05) is 0 Å². The molecule has 29 heavy (non-hydrogen) atoms. The second-order valence-electron chi connectivity index (χ2n) is 6.86. The van der Waals surface area contributed by atoms with Crippen LogP contribution in [0.1, 0.15) is 16.1 Å². The number of rotatable bonds is 3. The molecular weight excluding hydrogens is 403 g/mol. The molecule has 6 nitrogen and oxygen atoms in total. The van der Waals surface area contributed by atoms with E-state index >= 15 is 0 Å². The molecule has 1 amide bonds. The Kier molecular flexibility index (Phi) is 4.89. The SMILES string of the molecule is O=C1NCCN(CC(F)(F)[C@H]2COCCO2)c2c1oc1ccc(C(F)(F)F)cc21. The summed E-state index contributed by atoms with van der Waals surface area (Å²) in [5, 5.41) is 2.45. The second-order valence-corrected chi connectivity index (χ2v) is 6.86. The molecule has 1 aromatic carbocycles. The van der Waals surface area contributed by atoms with Gasteiger partial charge in [-0.2, -0.15) is 13.2 Å². The maximum absolute atomic E-state index is 14.8. The van der Waals surface area contributed by atoms with Crippen molar-refractivity contribution in [3.63, 3.8) is 0 Å². The van der Waals surface area contributed by atoms with Crippen molar-refractivity contribution in [1.82, 2.24) is 5.32 Å². The summed E-state index contributed by atoms with van der Waals surface area (Å²) in [6.45, 7) is -0.932. The molecule has 0 spiro atoms. The van der Waals surface area contributed by atoms with E-state index in [2.05, 4.69) is 5.32 Å². The predicted octanol–water partition coefficient (Wildman–Crippen LogP) is 3.05. The normalized spacial score (nSPS) is 21.1. The first-order valence-electron chi connectivity index (χ1n) is 8.91. The van der Waals surface area contributed by atoms with Crippen molar-refractivity contribution in [2.24, 2.45) is 0 Å². The van der Waals surface area contributed by atoms with E-state index < -0.39 is 36.2 Å². The van der Waals surface area contributed by atoms with Gasteiger partial charge in [0, 0.05) is 18.5 Å². The van der Waals surface area contributed by atoms with Crippen molar-refractivity contribution in [2.45, 2.75) is 18.2 Å². The van der Waals surface area contributed by atoms with Gasteiger partial charge in [-0.3, -0.25) is 4.79 Å². The molecule has 1 saturated heterocycles. The molecule has 0 bridgehead atoms. The van der Waals surface area contributed by atoms with Crippen molar-refractivity contribution in [2.75, 3.05) is 44.4 Å². The summed E-state index contributed by atoms with van der Waals surface area (Å²) in [4.78, 5) is 13.4. The molecule has 3 heterocycles. The Morgan fingerprint density at radius 3 is 2.66 bits per heavy atom. The Morgan fingerprint density at radius 1 is 1.17 bits per heavy atom. The van der Waals surface area contributed by atoms with Crippen LogP contribution in [0.2, 0.25) is 0 Å². The number of hydrogen-bond donors (Lipinski definition) is 1. The van der Waals surface area contributed by atoms with Gasteiger partial charge in [0.25, 0.3) is 11.8 Å². The van der Waals surface area contributed by atoms with E-state index in [-0.39, 0.29) is 55.3 Å². The molecule has 0 saturated carbocycles. The Labute approximate surface area is 161 Å². The van der Waals surface area contributed by atoms with Gasteiger partial charge in [-0.1, -0.05) is 0 Å². The van der Waals surface area contributed by atoms with Crippen LogP contribution < -0.4 is 10.2 Å². The molecular formula is C18H17F5N2O4. The van der Waals surface area contributed by atoms with Gasteiger partial charge in [-0.15, -0.1) is 0 Å². The minimum absolute atomic E-state index is 0.00520. The maximum atomic E-state index is 14.8. The summed E-state index contributed by atoms with van der Waals surface area (Å²) in [7, 11) is 0. The number of carbonyl (C=O) groups is 1. The van der Waals surface area contributed by atoms with Gasteiger partial charge in [0.05, 0.1) is 37.6 Å². The molecule has 11 heteroatoms. The Balaban J connectivity index is 1.76. The minimum atomic E-state index is -4.63. The first-order valence-corrected chi connectivity index (χ1v) is 8.91. The fourth-order valence-electron chi connectivity index (χ4n) is 3.47. The lowest BCUT2D eigenvalue weighted by Crippen LogP contribution is -2.51. The number of carbonyl (C=O) groups excluding carboxylic acids is 1. The fraction of sp³-hybridized carbons (Fsp3) is 0.500. The monoisotopic (exact) mass is 420 g/mol. The van der Waals surface area contributed by atoms with Crippen LogP contribution in [-0.4, -0.2) is 57.4 Å². The first-order chi connectivity index (χ1) is 13.7. The summed E-state index contributed by atoms with van der Waals surface area (Å²) < 4.78 is 84.7. The van der Waals surface area contributed by atoms with Gasteiger partial charge in [0.2, 0.25) is 5.76 Å². The van der Waals surface area contributed by atoms with E-state index in [1.54, 1.807) is 0 Å². The predicted molar refractivity (Wildman–Crippen MR) is 91.3 cm³/mol. The highest BCUT2D eigenvalue weighted by Gasteiger charge is 2.45. The van der Waals surface area contributed by atoms with Crippen LogP contribution in [0.5, 0.6) is 0 Å². The maximum Gasteiger partial charge on any atom is 0.416 e. The lowest BCUT2D eigenvalue weighted by atomic mass is 10.1. The second kappa shape index (κ2) is 7.13. The van der Waals surface area contributed by atoms with E-state index in [0.29, 0.717) is 0 Å². The Bertz CT molecular complexity index is 921. The zero-order valence-corrected chi connectivity index (χ0v) is 15.0. The molecule has 1 fully saturated rings. The molecule has 0 radical (unpaired) electrons. The quantitative estimate of drug-likeness (QED) is 0.774. The zero-order chi connectivity index (χ0) is 20.8. The highest BCUT2D eigenvalue weighted by atomic mass is 19.4. The van der Waals surface area contributed by atoms with Crippen LogP contribution in [0.3, 0.4) is 0 Å². The topological polar surface area (TPSA) is 63.9 Å². The van der Waals surface area contributed by atoms with E-state index in [1.165, 1.54) is 0 Å². The molecule has 158 valence electrons. The molecule has 2 aromatic rings. The molecule has 4 rings (SSSR count). The molecule has 0 aliphatic carbocycles. The van der Waals surface area contributed by atoms with Crippen molar-refractivity contribution in [1.29, 1.82) is 0 Å². The smallest absolute Gasteiger partial charge is 0.416 e. The van der Waals surface area contributed by atoms with Gasteiger partial charge in [0.1, 0.15) is 11.7 Å². The molecule has 0 unspecified atom stereocenters. The van der Waals surface area contributed by atoms with Crippen LogP contribution in [-0.2, 0) is 15.7 Å². The van der Waals surface area contributed by atoms with E-state index in [9.17, 15) is 26.7 Å². The van der Waals surface area contributed by atoms with Gasteiger partial charge >= 0.3 is 6.18 Å². The van der Waals surface area contributed by atoms with Crippen molar-refractivity contribution < 1.29 is 40.6 Å². The van der Waals surface area contributed by atoms with Crippen LogP contribution in [0.4, 0.5) is 27.6 Å². The molecule has 2 aliphatic heterocycles. The summed E-state index contributed by atoms with van der Waals surface area (Å²) in [5.41, 5.74) is -1.04. The summed E-state index contributed by atoms with van der Waals surface area (Å²) in [5.74, 6) is -4.34. The van der Waals surface area contributed by atoms with Crippen LogP contribution >= 0.6 is 0 Å². The third kappa shape index (κ3) is 3.76. The number of fused-ring (bicyclic) bond motifs is 3. The average molecular weight is 420 g/mol. The number of anilines is 1. The number of furan rings is 1. The van der Waals surface area contributed by atoms with Crippen LogP contribution in [0.25, 0.3) is 11.0 Å². The Hall–Kier alpha value is -2.40. The van der Waals surface area contributed by atoms with Crippen molar-refractivity contribution in [3.05, 3.63) is 29.5 Å². The standard InChI is InChI=1S/C18H17F5N2O4/c19-17(20,13-8-27-5-6-28-13)9-25-4-3-24-16(26)15-14(25)11-7-10(18(21,22)23)1-2-12(11)29-15/h1-2,7,13H,3-6,8-9H2,(H,24,26)/t13-/m1/s1. The average Bonchev–Trinajstić information content (AvgIpc) is 2.99. The highest BCUT2D eigenvalue weighted by molar-refractivity contribution is 6.07. The molecule has 1 N–H and O–H groups in total. The summed E-state index contributed by atoms with van der Waals surface area (Å²) in [6, 6.07) is 2.70. The van der Waals surface area contributed by atoms with Gasteiger partial charge in [-0.05, 0) is 18.2 Å². The lowest BCUT2D eigenvalue weighted by Gasteiger charge is -2.34. The largest absolute Gasteiger partial charge is 0.449 e. The lowest BCUT2D eigenvalue weighted by molar-refractivity contribution is -0.189. The number of ether oxygens (including phenoxy) is 2. The van der Waals surface area contributed by atoms with Gasteiger partial charge in [-0.25, -0.2) is 8.78 Å². The number of hydrogen-bond acceptors (Lipinski definition) is 5. The first kappa shape index (κ1) is 19.9. The molecule has 1 atom stereocenters. The third-order valence-corrected chi connectivity index (χ3v) is 4.87. The zero-order valence-electron chi connectivity index (χ0n) is 15.0. The number of halogens is 5. The molecule has 1 aromatic heterocycles. The minimum Gasteiger partial charge on any atom is -0.449 e. The Morgan fingerprint density at radius 2 is 1.97 bits per heavy atom. The number of nitrogens with one attached hydrogen (secondary N) is 1. The van der Waals surface area contributed by atoms with Gasteiger partial charge in [0.15, 0.2) is 0 Å². The van der Waals surface area contributed by atoms with E-state index in [4.69, 9.17) is 13.9 Å². The van der Waals surface area contributed by atoms with Crippen molar-refractivity contribution in [3.8, 4) is 0 Å². The van der Waals surface area contributed by atoms with Crippen LogP contribution in [0, 0.1) is 0 Å². The highest BCUT2D eigenvalue weighted by Crippen LogP contribution is 2.40. The summed E-state index contributed by atoms with van der Waals surface area (Å²) >= 11 is 0. The number of alkyl halides is 5. The molecule has 2 aliphatic rings. The van der Waals surface area contributed by atoms with E-state index in [0.717, 1.165) is 23.1 Å². The number of amides is 1. The van der Waals surface area contributed by atoms with Gasteiger partial charge < -0.3 is 24.1 Å².